The second kappa shape index (κ2) is 12.7. The van der Waals surface area contributed by atoms with Gasteiger partial charge in [0.15, 0.2) is 17.5 Å². The van der Waals surface area contributed by atoms with Gasteiger partial charge in [-0.05, 0) is 88.0 Å². The minimum atomic E-state index is -0.142. The molecule has 12 rings (SSSR count). The lowest BCUT2D eigenvalue weighted by Crippen LogP contribution is -2.15. The molecule has 0 saturated carbocycles. The fourth-order valence-corrected chi connectivity index (χ4v) is 9.37. The number of para-hydroxylation sites is 1. The first-order chi connectivity index (χ1) is 29.0. The smallest absolute Gasteiger partial charge is 0.164 e. The SMILES string of the molecule is CC1(C)c2ccccc2-c2ccc(-c3nc(-c4ccccc4)nc(-c4ccc5c(c4)c4ccccc4n5-c4cccc5oc6ccc(-c7ccccc7)cc6c45)n3)cc21. The highest BCUT2D eigenvalue weighted by molar-refractivity contribution is 6.15. The van der Waals surface area contributed by atoms with Crippen molar-refractivity contribution >= 4 is 43.7 Å². The molecule has 5 heteroatoms. The molecule has 0 spiro atoms. The Hall–Kier alpha value is -7.63. The summed E-state index contributed by atoms with van der Waals surface area (Å²) in [5, 5.41) is 4.44. The van der Waals surface area contributed by atoms with E-state index in [1.807, 2.05) is 18.2 Å². The predicted molar refractivity (Wildman–Crippen MR) is 241 cm³/mol. The van der Waals surface area contributed by atoms with Crippen LogP contribution in [0.3, 0.4) is 0 Å². The van der Waals surface area contributed by atoms with Gasteiger partial charge >= 0.3 is 0 Å². The van der Waals surface area contributed by atoms with Gasteiger partial charge in [-0.1, -0.05) is 141 Å². The van der Waals surface area contributed by atoms with Gasteiger partial charge in [-0.25, -0.2) is 15.0 Å². The van der Waals surface area contributed by atoms with E-state index < -0.39 is 0 Å². The van der Waals surface area contributed by atoms with Gasteiger partial charge in [0, 0.05) is 38.3 Å². The summed E-state index contributed by atoms with van der Waals surface area (Å²) in [5.74, 6) is 1.93. The molecule has 0 N–H and O–H groups in total. The molecule has 1 aliphatic rings. The number of hydrogen-bond acceptors (Lipinski definition) is 4. The molecule has 0 bridgehead atoms. The molecule has 0 atom stereocenters. The third-order valence-corrected chi connectivity index (χ3v) is 12.3. The molecule has 278 valence electrons. The van der Waals surface area contributed by atoms with Gasteiger partial charge in [0.05, 0.1) is 22.1 Å². The fourth-order valence-electron chi connectivity index (χ4n) is 9.37. The summed E-state index contributed by atoms with van der Waals surface area (Å²) in [6, 6.07) is 64.2. The number of hydrogen-bond donors (Lipinski definition) is 0. The highest BCUT2D eigenvalue weighted by Gasteiger charge is 2.35. The maximum atomic E-state index is 6.49. The lowest BCUT2D eigenvalue weighted by atomic mass is 9.82. The lowest BCUT2D eigenvalue weighted by Gasteiger charge is -2.21. The summed E-state index contributed by atoms with van der Waals surface area (Å²) in [5.41, 5.74) is 15.2. The summed E-state index contributed by atoms with van der Waals surface area (Å²) in [4.78, 5) is 15.5. The lowest BCUT2D eigenvalue weighted by molar-refractivity contribution is 0.660. The molecule has 59 heavy (non-hydrogen) atoms. The second-order valence-electron chi connectivity index (χ2n) is 16.0. The number of benzene rings is 8. The number of fused-ring (bicyclic) bond motifs is 9. The van der Waals surface area contributed by atoms with Gasteiger partial charge in [-0.2, -0.15) is 0 Å². The molecule has 0 saturated heterocycles. The quantitative estimate of drug-likeness (QED) is 0.175. The number of nitrogens with zero attached hydrogens (tertiary/aromatic N) is 4. The largest absolute Gasteiger partial charge is 0.456 e. The Labute approximate surface area is 340 Å². The van der Waals surface area contributed by atoms with Crippen molar-refractivity contribution < 1.29 is 4.42 Å². The first-order valence-electron chi connectivity index (χ1n) is 20.1. The van der Waals surface area contributed by atoms with E-state index >= 15 is 0 Å². The molecular weight excluding hydrogens is 721 g/mol. The molecule has 0 unspecified atom stereocenters. The molecule has 3 aromatic heterocycles. The van der Waals surface area contributed by atoms with Crippen LogP contribution in [0.15, 0.2) is 186 Å². The van der Waals surface area contributed by atoms with Crippen molar-refractivity contribution in [3.63, 3.8) is 0 Å². The summed E-state index contributed by atoms with van der Waals surface area (Å²) in [7, 11) is 0. The van der Waals surface area contributed by atoms with E-state index in [1.165, 1.54) is 27.8 Å². The van der Waals surface area contributed by atoms with E-state index in [1.54, 1.807) is 0 Å². The topological polar surface area (TPSA) is 56.7 Å². The zero-order valence-corrected chi connectivity index (χ0v) is 32.5. The van der Waals surface area contributed by atoms with Crippen LogP contribution in [-0.4, -0.2) is 19.5 Å². The van der Waals surface area contributed by atoms with Crippen LogP contribution in [0.4, 0.5) is 0 Å². The van der Waals surface area contributed by atoms with Crippen molar-refractivity contribution in [1.29, 1.82) is 0 Å². The maximum absolute atomic E-state index is 6.49. The minimum Gasteiger partial charge on any atom is -0.456 e. The molecule has 5 nitrogen and oxygen atoms in total. The Balaban J connectivity index is 1.04. The molecule has 0 fully saturated rings. The van der Waals surface area contributed by atoms with Crippen molar-refractivity contribution in [2.75, 3.05) is 0 Å². The standard InChI is InChI=1S/C54H36N4O/c1-54(2)43-20-11-9-18-38(43)39-27-24-37(32-44(39)54)53-56-51(34-16-7-4-8-17-34)55-52(57-53)36-25-28-46-41(31-36)40-19-10-12-21-45(40)58(46)47-22-13-23-49-50(47)42-30-35(26-29-48(42)59-49)33-14-5-3-6-15-33/h3-32H,1-2H3. The molecule has 8 aromatic carbocycles. The highest BCUT2D eigenvalue weighted by atomic mass is 16.3. The van der Waals surface area contributed by atoms with Gasteiger partial charge in [0.25, 0.3) is 0 Å². The second-order valence-corrected chi connectivity index (χ2v) is 16.0. The van der Waals surface area contributed by atoms with Crippen LogP contribution in [0.5, 0.6) is 0 Å². The van der Waals surface area contributed by atoms with Gasteiger partial charge in [-0.3, -0.25) is 0 Å². The maximum Gasteiger partial charge on any atom is 0.164 e. The van der Waals surface area contributed by atoms with E-state index in [4.69, 9.17) is 19.4 Å². The van der Waals surface area contributed by atoms with Crippen molar-refractivity contribution in [1.82, 2.24) is 19.5 Å². The van der Waals surface area contributed by atoms with Gasteiger partial charge in [-0.15, -0.1) is 0 Å². The van der Waals surface area contributed by atoms with Gasteiger partial charge in [0.2, 0.25) is 0 Å². The third kappa shape index (κ3) is 5.14. The predicted octanol–water partition coefficient (Wildman–Crippen LogP) is 13.8. The zero-order chi connectivity index (χ0) is 39.2. The molecular formula is C54H36N4O. The Bertz CT molecular complexity index is 3470. The van der Waals surface area contributed by atoms with E-state index in [0.717, 1.165) is 71.7 Å². The van der Waals surface area contributed by atoms with E-state index in [2.05, 4.69) is 182 Å². The van der Waals surface area contributed by atoms with Crippen LogP contribution >= 0.6 is 0 Å². The van der Waals surface area contributed by atoms with Crippen LogP contribution in [0.1, 0.15) is 25.0 Å². The van der Waals surface area contributed by atoms with E-state index in [-0.39, 0.29) is 5.41 Å². The number of furan rings is 1. The normalized spacial score (nSPS) is 13.1. The molecule has 0 aliphatic heterocycles. The first-order valence-corrected chi connectivity index (χ1v) is 20.1. The Kier molecular flexibility index (Phi) is 7.20. The van der Waals surface area contributed by atoms with Crippen molar-refractivity contribution in [2.45, 2.75) is 19.3 Å². The molecule has 0 amide bonds. The van der Waals surface area contributed by atoms with Crippen LogP contribution < -0.4 is 0 Å². The van der Waals surface area contributed by atoms with Crippen LogP contribution in [0.25, 0.3) is 106 Å². The number of aromatic nitrogens is 4. The van der Waals surface area contributed by atoms with E-state index in [9.17, 15) is 0 Å². The monoisotopic (exact) mass is 756 g/mol. The first kappa shape index (κ1) is 33.5. The highest BCUT2D eigenvalue weighted by Crippen LogP contribution is 2.49. The molecule has 1 aliphatic carbocycles. The Morgan fingerprint density at radius 3 is 1.83 bits per heavy atom. The number of rotatable bonds is 5. The minimum absolute atomic E-state index is 0.142. The molecule has 11 aromatic rings. The summed E-state index contributed by atoms with van der Waals surface area (Å²) in [6.45, 7) is 4.61. The van der Waals surface area contributed by atoms with Crippen LogP contribution in [0, 0.1) is 0 Å². The summed E-state index contributed by atoms with van der Waals surface area (Å²) in [6.07, 6.45) is 0. The Morgan fingerprint density at radius 1 is 0.407 bits per heavy atom. The summed E-state index contributed by atoms with van der Waals surface area (Å²) >= 11 is 0. The average molecular weight is 757 g/mol. The van der Waals surface area contributed by atoms with Crippen molar-refractivity contribution in [2.24, 2.45) is 0 Å². The third-order valence-electron chi connectivity index (χ3n) is 12.3. The average Bonchev–Trinajstić information content (AvgIpc) is 3.91. The van der Waals surface area contributed by atoms with Gasteiger partial charge < -0.3 is 8.98 Å². The van der Waals surface area contributed by atoms with Crippen molar-refractivity contribution in [3.8, 4) is 62.1 Å². The molecule has 0 radical (unpaired) electrons. The van der Waals surface area contributed by atoms with E-state index in [0.29, 0.717) is 17.5 Å². The van der Waals surface area contributed by atoms with Crippen LogP contribution in [0.2, 0.25) is 0 Å². The van der Waals surface area contributed by atoms with Gasteiger partial charge in [0.1, 0.15) is 11.2 Å². The Morgan fingerprint density at radius 2 is 1.02 bits per heavy atom. The van der Waals surface area contributed by atoms with Crippen molar-refractivity contribution in [3.05, 3.63) is 193 Å². The summed E-state index contributed by atoms with van der Waals surface area (Å²) < 4.78 is 8.87. The molecule has 3 heterocycles. The fraction of sp³-hybridized carbons (Fsp3) is 0.0556. The van der Waals surface area contributed by atoms with Crippen LogP contribution in [-0.2, 0) is 5.41 Å². The zero-order valence-electron chi connectivity index (χ0n) is 32.5.